The van der Waals surface area contributed by atoms with Crippen molar-refractivity contribution in [3.63, 3.8) is 0 Å². The van der Waals surface area contributed by atoms with Gasteiger partial charge in [-0.3, -0.25) is 14.5 Å². The van der Waals surface area contributed by atoms with Crippen molar-refractivity contribution in [1.82, 2.24) is 14.4 Å². The first-order valence-corrected chi connectivity index (χ1v) is 12.7. The molecule has 0 radical (unpaired) electrons. The Kier molecular flexibility index (Phi) is 5.28. The van der Waals surface area contributed by atoms with Gasteiger partial charge in [0, 0.05) is 37.6 Å². The lowest BCUT2D eigenvalue weighted by molar-refractivity contribution is -0.136. The van der Waals surface area contributed by atoms with Gasteiger partial charge < -0.3 is 14.8 Å². The third-order valence-corrected chi connectivity index (χ3v) is 8.41. The molecule has 3 fully saturated rings. The highest BCUT2D eigenvalue weighted by Crippen LogP contribution is 2.45. The van der Waals surface area contributed by atoms with Gasteiger partial charge in [-0.05, 0) is 68.7 Å². The summed E-state index contributed by atoms with van der Waals surface area (Å²) in [5.74, 6) is 1.39. The Balaban J connectivity index is 1.25. The second-order valence-electron chi connectivity index (χ2n) is 10.5. The topological polar surface area (TPSA) is 57.6 Å². The number of anilines is 1. The smallest absolute Gasteiger partial charge is 0.243 e. The molecule has 2 unspecified atom stereocenters. The zero-order chi connectivity index (χ0) is 22.5. The van der Waals surface area contributed by atoms with E-state index in [0.717, 1.165) is 48.6 Å². The number of hydrogen-bond donors (Lipinski definition) is 1. The van der Waals surface area contributed by atoms with E-state index in [9.17, 15) is 9.59 Å². The summed E-state index contributed by atoms with van der Waals surface area (Å²) >= 11 is 0. The van der Waals surface area contributed by atoms with E-state index >= 15 is 0 Å². The number of rotatable bonds is 3. The van der Waals surface area contributed by atoms with Gasteiger partial charge in [0.15, 0.2) is 0 Å². The van der Waals surface area contributed by atoms with Gasteiger partial charge in [-0.25, -0.2) is 0 Å². The van der Waals surface area contributed by atoms with Gasteiger partial charge in [0.25, 0.3) is 0 Å². The molecule has 4 aliphatic rings. The van der Waals surface area contributed by atoms with E-state index in [1.165, 1.54) is 44.7 Å². The molecule has 6 nitrogen and oxygen atoms in total. The van der Waals surface area contributed by atoms with E-state index in [1.54, 1.807) is 0 Å². The zero-order valence-corrected chi connectivity index (χ0v) is 19.5. The molecule has 4 atom stereocenters. The highest BCUT2D eigenvalue weighted by atomic mass is 16.2. The quantitative estimate of drug-likeness (QED) is 0.725. The largest absolute Gasteiger partial charge is 0.338 e. The van der Waals surface area contributed by atoms with Crippen LogP contribution in [-0.2, 0) is 16.1 Å². The van der Waals surface area contributed by atoms with E-state index in [2.05, 4.69) is 21.2 Å². The average molecular weight is 447 g/mol. The van der Waals surface area contributed by atoms with Gasteiger partial charge in [0.1, 0.15) is 6.54 Å². The molecule has 3 aliphatic heterocycles. The standard InChI is InChI=1S/C27H34N4O2/c1-18(32)28-23-7-4-9-25-22(23)10-13-30(25)17-26(33)31-12-5-6-19-14-20-15-21(27(19)31)16-29-11-3-2-8-24(20)29/h4,7,9-10,13-14,20-21,24,27H,2-3,5-6,8,11-12,15-17H2,1H3,(H,28,32)/t20-,21-,24?,27?/m0/s1. The van der Waals surface area contributed by atoms with Gasteiger partial charge in [-0.1, -0.05) is 24.1 Å². The number of amides is 2. The molecule has 0 saturated carbocycles. The number of nitrogens with zero attached hydrogens (tertiary/aromatic N) is 3. The summed E-state index contributed by atoms with van der Waals surface area (Å²) in [7, 11) is 0. The third kappa shape index (κ3) is 3.68. The highest BCUT2D eigenvalue weighted by molar-refractivity contribution is 6.01. The number of nitrogens with one attached hydrogen (secondary N) is 1. The van der Waals surface area contributed by atoms with Crippen LogP contribution >= 0.6 is 0 Å². The summed E-state index contributed by atoms with van der Waals surface area (Å²) in [6, 6.07) is 8.89. The molecule has 1 aliphatic carbocycles. The first-order chi connectivity index (χ1) is 16.1. The van der Waals surface area contributed by atoms with Gasteiger partial charge >= 0.3 is 0 Å². The van der Waals surface area contributed by atoms with Crippen LogP contribution in [0.2, 0.25) is 0 Å². The number of likely N-dealkylation sites (tertiary alicyclic amines) is 1. The number of hydrogen-bond acceptors (Lipinski definition) is 3. The predicted octanol–water partition coefficient (Wildman–Crippen LogP) is 4.02. The number of carbonyl (C=O) groups excluding carboxylic acids is 2. The SMILES string of the molecule is CC(=O)Nc1cccc2c1ccn2CC(=O)N1CCCC2=C[C@H]3C[C@@H](CN4CCCCC34)C21. The van der Waals surface area contributed by atoms with Crippen LogP contribution in [-0.4, -0.2) is 57.9 Å². The summed E-state index contributed by atoms with van der Waals surface area (Å²) in [5, 5.41) is 3.88. The molecule has 0 spiro atoms. The van der Waals surface area contributed by atoms with Gasteiger partial charge in [-0.15, -0.1) is 0 Å². The van der Waals surface area contributed by atoms with Gasteiger partial charge in [0.05, 0.1) is 17.2 Å². The molecule has 174 valence electrons. The lowest BCUT2D eigenvalue weighted by atomic mass is 9.68. The van der Waals surface area contributed by atoms with E-state index in [0.29, 0.717) is 18.4 Å². The molecule has 2 bridgehead atoms. The van der Waals surface area contributed by atoms with Crippen LogP contribution in [0.1, 0.15) is 45.4 Å². The van der Waals surface area contributed by atoms with Crippen LogP contribution in [0.3, 0.4) is 0 Å². The summed E-state index contributed by atoms with van der Waals surface area (Å²) < 4.78 is 2.04. The van der Waals surface area contributed by atoms with Crippen LogP contribution in [0.25, 0.3) is 10.9 Å². The minimum Gasteiger partial charge on any atom is -0.338 e. The van der Waals surface area contributed by atoms with Crippen molar-refractivity contribution in [3.05, 3.63) is 42.1 Å². The summed E-state index contributed by atoms with van der Waals surface area (Å²) in [4.78, 5) is 30.2. The van der Waals surface area contributed by atoms with E-state index in [-0.39, 0.29) is 17.9 Å². The lowest BCUT2D eigenvalue weighted by Crippen LogP contribution is -2.60. The molecule has 2 aromatic rings. The maximum absolute atomic E-state index is 13.7. The van der Waals surface area contributed by atoms with Gasteiger partial charge in [0.2, 0.25) is 11.8 Å². The van der Waals surface area contributed by atoms with E-state index in [1.807, 2.05) is 35.0 Å². The monoisotopic (exact) mass is 446 g/mol. The minimum atomic E-state index is -0.0852. The van der Waals surface area contributed by atoms with E-state index in [4.69, 9.17) is 0 Å². The Morgan fingerprint density at radius 3 is 2.91 bits per heavy atom. The molecular weight excluding hydrogens is 412 g/mol. The van der Waals surface area contributed by atoms with Crippen molar-refractivity contribution in [1.29, 1.82) is 0 Å². The fourth-order valence-electron chi connectivity index (χ4n) is 7.15. The molecule has 6 rings (SSSR count). The number of piperidine rings is 3. The fourth-order valence-corrected chi connectivity index (χ4v) is 7.15. The molecular formula is C27H34N4O2. The van der Waals surface area contributed by atoms with Crippen molar-refractivity contribution in [2.75, 3.05) is 25.0 Å². The molecule has 33 heavy (non-hydrogen) atoms. The van der Waals surface area contributed by atoms with Crippen LogP contribution in [0.15, 0.2) is 42.1 Å². The Hall–Kier alpha value is -2.60. The number of benzene rings is 1. The fraction of sp³-hybridized carbons (Fsp3) is 0.556. The molecule has 1 aromatic heterocycles. The van der Waals surface area contributed by atoms with Crippen molar-refractivity contribution in [2.24, 2.45) is 11.8 Å². The molecule has 1 aromatic carbocycles. The second-order valence-corrected chi connectivity index (χ2v) is 10.5. The van der Waals surface area contributed by atoms with Crippen LogP contribution < -0.4 is 5.32 Å². The molecule has 6 heteroatoms. The van der Waals surface area contributed by atoms with E-state index < -0.39 is 0 Å². The summed E-state index contributed by atoms with van der Waals surface area (Å²) in [6.45, 7) is 5.11. The van der Waals surface area contributed by atoms with Crippen molar-refractivity contribution in [2.45, 2.75) is 64.1 Å². The van der Waals surface area contributed by atoms with Gasteiger partial charge in [-0.2, -0.15) is 0 Å². The second kappa shape index (κ2) is 8.32. The maximum atomic E-state index is 13.7. The Morgan fingerprint density at radius 2 is 2.03 bits per heavy atom. The van der Waals surface area contributed by atoms with Crippen LogP contribution in [0.4, 0.5) is 5.69 Å². The van der Waals surface area contributed by atoms with Crippen molar-refractivity contribution < 1.29 is 9.59 Å². The zero-order valence-electron chi connectivity index (χ0n) is 19.5. The average Bonchev–Trinajstić information content (AvgIpc) is 3.22. The Bertz CT molecular complexity index is 1120. The summed E-state index contributed by atoms with van der Waals surface area (Å²) in [5.41, 5.74) is 3.32. The molecule has 3 saturated heterocycles. The number of aromatic nitrogens is 1. The third-order valence-electron chi connectivity index (χ3n) is 8.41. The lowest BCUT2D eigenvalue weighted by Gasteiger charge is -2.54. The number of fused-ring (bicyclic) bond motifs is 7. The van der Waals surface area contributed by atoms with Crippen molar-refractivity contribution in [3.8, 4) is 0 Å². The highest BCUT2D eigenvalue weighted by Gasteiger charge is 2.46. The molecule has 2 amide bonds. The minimum absolute atomic E-state index is 0.0852. The summed E-state index contributed by atoms with van der Waals surface area (Å²) in [6.07, 6.45) is 12.1. The van der Waals surface area contributed by atoms with Crippen LogP contribution in [0, 0.1) is 11.8 Å². The first-order valence-electron chi connectivity index (χ1n) is 12.7. The van der Waals surface area contributed by atoms with Crippen molar-refractivity contribution >= 4 is 28.4 Å². The Labute approximate surface area is 195 Å². The number of carbonyl (C=O) groups is 2. The predicted molar refractivity (Wildman–Crippen MR) is 130 cm³/mol. The normalized spacial score (nSPS) is 29.2. The van der Waals surface area contributed by atoms with Crippen LogP contribution in [0.5, 0.6) is 0 Å². The molecule has 1 N–H and O–H groups in total. The maximum Gasteiger partial charge on any atom is 0.243 e. The Morgan fingerprint density at radius 1 is 1.12 bits per heavy atom. The first kappa shape index (κ1) is 21.0. The molecule has 4 heterocycles.